The molecule has 0 fully saturated rings. The molecule has 0 aliphatic carbocycles. The van der Waals surface area contributed by atoms with Gasteiger partial charge in [0, 0.05) is 18.0 Å². The van der Waals surface area contributed by atoms with E-state index in [-0.39, 0.29) is 17.0 Å². The largest absolute Gasteiger partial charge is 0.507 e. The van der Waals surface area contributed by atoms with E-state index in [4.69, 9.17) is 5.11 Å². The molecule has 2 heterocycles. The van der Waals surface area contributed by atoms with E-state index in [2.05, 4.69) is 15.3 Å². The van der Waals surface area contributed by atoms with Gasteiger partial charge in [-0.15, -0.1) is 5.10 Å². The highest BCUT2D eigenvalue weighted by molar-refractivity contribution is 5.91. The minimum absolute atomic E-state index is 0.0861. The molecule has 23 heavy (non-hydrogen) atoms. The molecule has 0 aliphatic heterocycles. The zero-order valence-electron chi connectivity index (χ0n) is 11.6. The number of hydrogen-bond donors (Lipinski definition) is 2. The molecule has 0 unspecified atom stereocenters. The van der Waals surface area contributed by atoms with Gasteiger partial charge in [-0.1, -0.05) is 5.21 Å². The van der Waals surface area contributed by atoms with Crippen LogP contribution in [-0.2, 0) is 0 Å². The van der Waals surface area contributed by atoms with Gasteiger partial charge in [0.15, 0.2) is 5.69 Å². The lowest BCUT2D eigenvalue weighted by molar-refractivity contribution is 0.0693. The number of phenols is 1. The fourth-order valence-corrected chi connectivity index (χ4v) is 2.13. The number of aromatic hydroxyl groups is 1. The van der Waals surface area contributed by atoms with Crippen molar-refractivity contribution >= 4 is 5.97 Å². The van der Waals surface area contributed by atoms with Crippen molar-refractivity contribution in [3.63, 3.8) is 0 Å². The average molecular weight is 307 g/mol. The first-order chi connectivity index (χ1) is 11.1. The van der Waals surface area contributed by atoms with Crippen molar-refractivity contribution in [2.75, 3.05) is 0 Å². The van der Waals surface area contributed by atoms with E-state index in [0.717, 1.165) is 0 Å². The van der Waals surface area contributed by atoms with Crippen LogP contribution >= 0.6 is 0 Å². The van der Waals surface area contributed by atoms with Crippen LogP contribution < -0.4 is 0 Å². The van der Waals surface area contributed by atoms with Crippen molar-refractivity contribution in [1.29, 1.82) is 5.26 Å². The number of hydrogen-bond acceptors (Lipinski definition) is 6. The second-order valence-electron chi connectivity index (χ2n) is 4.56. The molecule has 112 valence electrons. The van der Waals surface area contributed by atoms with Crippen LogP contribution in [0.2, 0.25) is 0 Å². The van der Waals surface area contributed by atoms with Crippen molar-refractivity contribution in [2.45, 2.75) is 0 Å². The number of nitrogens with zero attached hydrogens (tertiary/aromatic N) is 5. The predicted molar refractivity (Wildman–Crippen MR) is 77.9 cm³/mol. The summed E-state index contributed by atoms with van der Waals surface area (Å²) in [5.74, 6) is -1.63. The third-order valence-corrected chi connectivity index (χ3v) is 3.17. The lowest BCUT2D eigenvalue weighted by atomic mass is 10.1. The number of benzene rings is 1. The first kappa shape index (κ1) is 14.2. The second kappa shape index (κ2) is 5.57. The molecule has 3 aromatic rings. The van der Waals surface area contributed by atoms with E-state index in [9.17, 15) is 15.2 Å². The Morgan fingerprint density at radius 2 is 2.13 bits per heavy atom. The molecule has 8 nitrogen and oxygen atoms in total. The number of aromatic carboxylic acids is 1. The summed E-state index contributed by atoms with van der Waals surface area (Å²) in [6, 6.07) is 9.37. The maximum Gasteiger partial charge on any atom is 0.339 e. The molecule has 0 saturated heterocycles. The monoisotopic (exact) mass is 307 g/mol. The third kappa shape index (κ3) is 2.47. The Hall–Kier alpha value is -3.73. The average Bonchev–Trinajstić information content (AvgIpc) is 2.99. The van der Waals surface area contributed by atoms with Gasteiger partial charge in [-0.2, -0.15) is 5.26 Å². The number of rotatable bonds is 3. The molecule has 2 aromatic heterocycles. The van der Waals surface area contributed by atoms with Crippen LogP contribution in [0.4, 0.5) is 0 Å². The Balaban J connectivity index is 2.23. The summed E-state index contributed by atoms with van der Waals surface area (Å²) in [7, 11) is 0. The van der Waals surface area contributed by atoms with Crippen LogP contribution in [0.5, 0.6) is 5.75 Å². The first-order valence-corrected chi connectivity index (χ1v) is 6.44. The lowest BCUT2D eigenvalue weighted by Gasteiger charge is -2.08. The summed E-state index contributed by atoms with van der Waals surface area (Å²) in [5.41, 5.74) is 1.17. The van der Waals surface area contributed by atoms with Gasteiger partial charge in [-0.05, 0) is 30.3 Å². The van der Waals surface area contributed by atoms with Crippen LogP contribution in [0.15, 0.2) is 42.7 Å². The zero-order valence-corrected chi connectivity index (χ0v) is 11.6. The quantitative estimate of drug-likeness (QED) is 0.752. The van der Waals surface area contributed by atoms with E-state index < -0.39 is 5.97 Å². The zero-order chi connectivity index (χ0) is 16.4. The van der Waals surface area contributed by atoms with Gasteiger partial charge in [-0.3, -0.25) is 4.98 Å². The normalized spacial score (nSPS) is 10.2. The molecule has 3 rings (SSSR count). The summed E-state index contributed by atoms with van der Waals surface area (Å²) >= 11 is 0. The van der Waals surface area contributed by atoms with E-state index in [1.54, 1.807) is 24.5 Å². The van der Waals surface area contributed by atoms with Gasteiger partial charge in [0.2, 0.25) is 0 Å². The number of carbonyl (C=O) groups is 1. The van der Waals surface area contributed by atoms with Gasteiger partial charge < -0.3 is 10.2 Å². The summed E-state index contributed by atoms with van der Waals surface area (Å²) in [5, 5.41) is 35.6. The standard InChI is InChI=1S/C15H9N5O3/c16-7-12-14(9-2-1-5-17-8-9)20(19-18-12)10-3-4-13(21)11(6-10)15(22)23/h1-6,8,21H,(H,22,23). The summed E-state index contributed by atoms with van der Waals surface area (Å²) in [6.07, 6.45) is 3.14. The predicted octanol–water partition coefficient (Wildman–Crippen LogP) is 1.60. The fourth-order valence-electron chi connectivity index (χ4n) is 2.13. The van der Waals surface area contributed by atoms with E-state index in [0.29, 0.717) is 16.9 Å². The maximum absolute atomic E-state index is 11.2. The number of aromatic nitrogens is 4. The summed E-state index contributed by atoms with van der Waals surface area (Å²) in [6.45, 7) is 0. The molecule has 2 N–H and O–H groups in total. The molecule has 0 bridgehead atoms. The van der Waals surface area contributed by atoms with Crippen molar-refractivity contribution in [1.82, 2.24) is 20.0 Å². The molecule has 0 aliphatic rings. The molecule has 0 spiro atoms. The molecule has 0 saturated carbocycles. The maximum atomic E-state index is 11.2. The van der Waals surface area contributed by atoms with Crippen LogP contribution in [0.1, 0.15) is 16.1 Å². The molecule has 0 radical (unpaired) electrons. The van der Waals surface area contributed by atoms with Crippen LogP contribution in [0.25, 0.3) is 16.9 Å². The van der Waals surface area contributed by atoms with Gasteiger partial charge >= 0.3 is 5.97 Å². The van der Waals surface area contributed by atoms with Crippen molar-refractivity contribution < 1.29 is 15.0 Å². The number of carboxylic acids is 1. The number of carboxylic acid groups (broad SMARTS) is 1. The second-order valence-corrected chi connectivity index (χ2v) is 4.56. The van der Waals surface area contributed by atoms with Crippen molar-refractivity contribution in [2.24, 2.45) is 0 Å². The highest BCUT2D eigenvalue weighted by Crippen LogP contribution is 2.26. The van der Waals surface area contributed by atoms with Gasteiger partial charge in [-0.25, -0.2) is 9.48 Å². The third-order valence-electron chi connectivity index (χ3n) is 3.17. The van der Waals surface area contributed by atoms with Gasteiger partial charge in [0.25, 0.3) is 0 Å². The number of pyridine rings is 1. The molecule has 0 atom stereocenters. The molecular formula is C15H9N5O3. The van der Waals surface area contributed by atoms with E-state index in [1.807, 2.05) is 6.07 Å². The van der Waals surface area contributed by atoms with Crippen molar-refractivity contribution in [3.05, 3.63) is 54.0 Å². The number of nitriles is 1. The Morgan fingerprint density at radius 3 is 2.78 bits per heavy atom. The minimum Gasteiger partial charge on any atom is -0.507 e. The molecule has 8 heteroatoms. The van der Waals surface area contributed by atoms with E-state index >= 15 is 0 Å². The fraction of sp³-hybridized carbons (Fsp3) is 0. The topological polar surface area (TPSA) is 125 Å². The van der Waals surface area contributed by atoms with Gasteiger partial charge in [0.05, 0.1) is 5.69 Å². The first-order valence-electron chi connectivity index (χ1n) is 6.44. The van der Waals surface area contributed by atoms with Crippen LogP contribution in [0.3, 0.4) is 0 Å². The Bertz CT molecular complexity index is 928. The smallest absolute Gasteiger partial charge is 0.339 e. The SMILES string of the molecule is N#Cc1nnn(-c2ccc(O)c(C(=O)O)c2)c1-c1cccnc1. The van der Waals surface area contributed by atoms with Crippen LogP contribution in [-0.4, -0.2) is 36.2 Å². The van der Waals surface area contributed by atoms with Crippen LogP contribution in [0, 0.1) is 11.3 Å². The summed E-state index contributed by atoms with van der Waals surface area (Å²) < 4.78 is 1.33. The van der Waals surface area contributed by atoms with E-state index in [1.165, 1.54) is 22.9 Å². The van der Waals surface area contributed by atoms with Crippen molar-refractivity contribution in [3.8, 4) is 28.8 Å². The highest BCUT2D eigenvalue weighted by atomic mass is 16.4. The Morgan fingerprint density at radius 1 is 1.30 bits per heavy atom. The molecular weight excluding hydrogens is 298 g/mol. The molecule has 0 amide bonds. The lowest BCUT2D eigenvalue weighted by Crippen LogP contribution is -2.03. The Labute approximate surface area is 129 Å². The molecule has 1 aromatic carbocycles. The van der Waals surface area contributed by atoms with Gasteiger partial charge in [0.1, 0.15) is 23.1 Å². The minimum atomic E-state index is -1.27. The summed E-state index contributed by atoms with van der Waals surface area (Å²) in [4.78, 5) is 15.2. The highest BCUT2D eigenvalue weighted by Gasteiger charge is 2.18. The Kier molecular flexibility index (Phi) is 3.44.